The van der Waals surface area contributed by atoms with Gasteiger partial charge in [0.15, 0.2) is 0 Å². The van der Waals surface area contributed by atoms with E-state index in [0.29, 0.717) is 49.3 Å². The van der Waals surface area contributed by atoms with E-state index in [4.69, 9.17) is 9.52 Å². The number of hydrogen-bond donors (Lipinski definition) is 3. The number of carbonyl (C=O) groups excluding carboxylic acids is 2. The minimum atomic E-state index is -0.797. The number of nitrogens with zero attached hydrogens (tertiary/aromatic N) is 1. The summed E-state index contributed by atoms with van der Waals surface area (Å²) >= 11 is 0. The largest absolute Gasteiger partial charge is 0.459 e. The zero-order chi connectivity index (χ0) is 22.7. The first-order valence-electron chi connectivity index (χ1n) is 11.0. The Kier molecular flexibility index (Phi) is 7.51. The van der Waals surface area contributed by atoms with Crippen LogP contribution in [0.2, 0.25) is 0 Å². The molecular weight excluding hydrogens is 398 g/mol. The van der Waals surface area contributed by atoms with Crippen LogP contribution in [0.15, 0.2) is 33.3 Å². The van der Waals surface area contributed by atoms with E-state index in [1.54, 1.807) is 12.1 Å². The number of aliphatic hydroxyl groups is 3. The average Bonchev–Trinajstić information content (AvgIpc) is 3.29. The predicted molar refractivity (Wildman–Crippen MR) is 115 cm³/mol. The van der Waals surface area contributed by atoms with Crippen molar-refractivity contribution in [2.45, 2.75) is 59.2 Å². The Labute approximate surface area is 183 Å². The smallest absolute Gasteiger partial charge is 0.233 e. The second-order valence-electron chi connectivity index (χ2n) is 8.70. The highest BCUT2D eigenvalue weighted by molar-refractivity contribution is 6.05. The fraction of sp³-hybridized carbons (Fsp3) is 0.583. The quantitative estimate of drug-likeness (QED) is 0.409. The highest BCUT2D eigenvalue weighted by atomic mass is 16.4. The topological polar surface area (TPSA) is 111 Å². The fourth-order valence-electron chi connectivity index (χ4n) is 5.02. The molecule has 3 N–H and O–H groups in total. The number of rotatable bonds is 9. The number of furan rings is 1. The van der Waals surface area contributed by atoms with Gasteiger partial charge in [-0.25, -0.2) is 0 Å². The number of likely N-dealkylation sites (tertiary alicyclic amines) is 1. The summed E-state index contributed by atoms with van der Waals surface area (Å²) in [5.41, 5.74) is 2.61. The van der Waals surface area contributed by atoms with Gasteiger partial charge < -0.3 is 19.7 Å². The van der Waals surface area contributed by atoms with Crippen LogP contribution in [0.25, 0.3) is 6.08 Å². The molecular formula is C24H33NO6. The molecule has 4 atom stereocenters. The van der Waals surface area contributed by atoms with Crippen molar-refractivity contribution in [1.29, 1.82) is 0 Å². The van der Waals surface area contributed by atoms with E-state index < -0.39 is 23.9 Å². The molecule has 7 heteroatoms. The molecule has 1 aromatic heterocycles. The molecule has 2 aliphatic rings. The molecule has 1 aliphatic heterocycles. The van der Waals surface area contributed by atoms with E-state index in [0.717, 1.165) is 11.1 Å². The van der Waals surface area contributed by atoms with Crippen molar-refractivity contribution in [1.82, 2.24) is 4.90 Å². The molecule has 1 aliphatic carbocycles. The minimum Gasteiger partial charge on any atom is -0.459 e. The van der Waals surface area contributed by atoms with Gasteiger partial charge in [0.25, 0.3) is 0 Å². The maximum atomic E-state index is 12.9. The highest BCUT2D eigenvalue weighted by Gasteiger charge is 2.53. The SMILES string of the molecule is CCCN1C(=O)[C@@H]2[C@@H](CC(C)=C([C@H](O)CC/C(C)=C/c3ccc(CO)o3)[C@@H]2CO)C1=O. The first-order valence-corrected chi connectivity index (χ1v) is 11.0. The van der Waals surface area contributed by atoms with Gasteiger partial charge in [-0.15, -0.1) is 0 Å². The van der Waals surface area contributed by atoms with Gasteiger partial charge in [0, 0.05) is 12.5 Å². The number of imide groups is 1. The summed E-state index contributed by atoms with van der Waals surface area (Å²) in [6.45, 7) is 5.73. The standard InChI is InChI=1S/C24H33NO6/c1-4-9-25-23(29)18-11-15(3)21(19(13-27)22(18)24(25)30)20(28)8-5-14(2)10-16-6-7-17(12-26)31-16/h6-7,10,18-20,22,26-28H,4-5,8-9,11-13H2,1-3H3/b14-10+/t18-,19+,20-,22-/m1/s1. The van der Waals surface area contributed by atoms with Crippen molar-refractivity contribution in [3.05, 3.63) is 40.4 Å². The van der Waals surface area contributed by atoms with Crippen molar-refractivity contribution in [3.63, 3.8) is 0 Å². The van der Waals surface area contributed by atoms with Crippen LogP contribution in [0.3, 0.4) is 0 Å². The van der Waals surface area contributed by atoms with Crippen molar-refractivity contribution >= 4 is 17.9 Å². The van der Waals surface area contributed by atoms with Gasteiger partial charge in [-0.2, -0.15) is 0 Å². The summed E-state index contributed by atoms with van der Waals surface area (Å²) in [5, 5.41) is 30.2. The van der Waals surface area contributed by atoms with Crippen LogP contribution in [-0.2, 0) is 16.2 Å². The first kappa shape index (κ1) is 23.4. The Morgan fingerprint density at radius 1 is 1.29 bits per heavy atom. The summed E-state index contributed by atoms with van der Waals surface area (Å²) in [6, 6.07) is 3.50. The second kappa shape index (κ2) is 9.94. The van der Waals surface area contributed by atoms with E-state index in [-0.39, 0.29) is 25.0 Å². The van der Waals surface area contributed by atoms with Crippen LogP contribution in [0.1, 0.15) is 58.0 Å². The van der Waals surface area contributed by atoms with Crippen molar-refractivity contribution in [2.24, 2.45) is 17.8 Å². The number of allylic oxidation sites excluding steroid dienone is 2. The molecule has 0 aromatic carbocycles. The summed E-state index contributed by atoms with van der Waals surface area (Å²) in [6.07, 6.45) is 3.27. The summed E-state index contributed by atoms with van der Waals surface area (Å²) < 4.78 is 5.47. The average molecular weight is 432 g/mol. The molecule has 0 radical (unpaired) electrons. The van der Waals surface area contributed by atoms with Gasteiger partial charge in [-0.3, -0.25) is 14.5 Å². The Balaban J connectivity index is 1.73. The maximum absolute atomic E-state index is 12.9. The molecule has 1 saturated heterocycles. The van der Waals surface area contributed by atoms with E-state index in [1.165, 1.54) is 4.90 Å². The van der Waals surface area contributed by atoms with Crippen LogP contribution in [0.5, 0.6) is 0 Å². The summed E-state index contributed by atoms with van der Waals surface area (Å²) in [7, 11) is 0. The van der Waals surface area contributed by atoms with Gasteiger partial charge in [0.1, 0.15) is 18.1 Å². The normalized spacial score (nSPS) is 25.4. The van der Waals surface area contributed by atoms with Crippen LogP contribution in [-0.4, -0.2) is 51.3 Å². The van der Waals surface area contributed by atoms with Crippen LogP contribution >= 0.6 is 0 Å². The molecule has 31 heavy (non-hydrogen) atoms. The lowest BCUT2D eigenvalue weighted by molar-refractivity contribution is -0.140. The van der Waals surface area contributed by atoms with Crippen molar-refractivity contribution < 1.29 is 29.3 Å². The summed E-state index contributed by atoms with van der Waals surface area (Å²) in [4.78, 5) is 27.0. The van der Waals surface area contributed by atoms with Gasteiger partial charge in [0.05, 0.1) is 24.5 Å². The number of carbonyl (C=O) groups is 2. The Morgan fingerprint density at radius 3 is 2.65 bits per heavy atom. The molecule has 0 unspecified atom stereocenters. The molecule has 0 bridgehead atoms. The predicted octanol–water partition coefficient (Wildman–Crippen LogP) is 2.66. The highest BCUT2D eigenvalue weighted by Crippen LogP contribution is 2.46. The molecule has 2 heterocycles. The zero-order valence-electron chi connectivity index (χ0n) is 18.5. The number of hydrogen-bond acceptors (Lipinski definition) is 6. The molecule has 7 nitrogen and oxygen atoms in total. The lowest BCUT2D eigenvalue weighted by atomic mass is 9.68. The van der Waals surface area contributed by atoms with Crippen LogP contribution in [0.4, 0.5) is 0 Å². The fourth-order valence-corrected chi connectivity index (χ4v) is 5.02. The Bertz CT molecular complexity index is 882. The Morgan fingerprint density at radius 2 is 2.03 bits per heavy atom. The van der Waals surface area contributed by atoms with Gasteiger partial charge >= 0.3 is 0 Å². The van der Waals surface area contributed by atoms with Gasteiger partial charge in [0.2, 0.25) is 11.8 Å². The van der Waals surface area contributed by atoms with Crippen LogP contribution in [0, 0.1) is 17.8 Å². The van der Waals surface area contributed by atoms with Gasteiger partial charge in [-0.05, 0) is 63.3 Å². The molecule has 1 fully saturated rings. The molecule has 1 aromatic rings. The van der Waals surface area contributed by atoms with E-state index in [2.05, 4.69) is 0 Å². The minimum absolute atomic E-state index is 0.150. The monoisotopic (exact) mass is 431 g/mol. The lowest BCUT2D eigenvalue weighted by Crippen LogP contribution is -2.38. The first-order chi connectivity index (χ1) is 14.8. The lowest BCUT2D eigenvalue weighted by Gasteiger charge is -2.35. The van der Waals surface area contributed by atoms with Gasteiger partial charge in [-0.1, -0.05) is 18.1 Å². The molecule has 2 amide bonds. The molecule has 0 saturated carbocycles. The Hall–Kier alpha value is -2.22. The van der Waals surface area contributed by atoms with Crippen molar-refractivity contribution in [3.8, 4) is 0 Å². The van der Waals surface area contributed by atoms with E-state index >= 15 is 0 Å². The third kappa shape index (κ3) is 4.68. The number of fused-ring (bicyclic) bond motifs is 1. The third-order valence-electron chi connectivity index (χ3n) is 6.46. The zero-order valence-corrected chi connectivity index (χ0v) is 18.5. The molecule has 170 valence electrons. The molecule has 3 rings (SSSR count). The third-order valence-corrected chi connectivity index (χ3v) is 6.46. The maximum Gasteiger partial charge on any atom is 0.233 e. The van der Waals surface area contributed by atoms with E-state index in [9.17, 15) is 19.8 Å². The number of amides is 2. The van der Waals surface area contributed by atoms with Crippen LogP contribution < -0.4 is 0 Å². The van der Waals surface area contributed by atoms with Crippen molar-refractivity contribution in [2.75, 3.05) is 13.2 Å². The van der Waals surface area contributed by atoms with E-state index in [1.807, 2.05) is 26.8 Å². The second-order valence-corrected chi connectivity index (χ2v) is 8.70. The number of aliphatic hydroxyl groups excluding tert-OH is 3. The molecule has 0 spiro atoms. The summed E-state index contributed by atoms with van der Waals surface area (Å²) in [5.74, 6) is -0.790.